The molecular formula is C42H27N. The van der Waals surface area contributed by atoms with Gasteiger partial charge >= 0.3 is 0 Å². The first kappa shape index (κ1) is 24.1. The van der Waals surface area contributed by atoms with Crippen LogP contribution in [0.2, 0.25) is 0 Å². The minimum atomic E-state index is 0.984. The van der Waals surface area contributed by atoms with Crippen LogP contribution in [0.15, 0.2) is 152 Å². The van der Waals surface area contributed by atoms with Crippen molar-refractivity contribution in [1.29, 1.82) is 0 Å². The number of hydrogen-bond donors (Lipinski definition) is 0. The van der Waals surface area contributed by atoms with Gasteiger partial charge in [0.25, 0.3) is 0 Å². The Morgan fingerprint density at radius 2 is 0.860 bits per heavy atom. The highest BCUT2D eigenvalue weighted by molar-refractivity contribution is 6.25. The van der Waals surface area contributed by atoms with Crippen LogP contribution in [0.4, 0.5) is 0 Å². The maximum absolute atomic E-state index is 5.15. The number of rotatable bonds is 3. The van der Waals surface area contributed by atoms with Crippen LogP contribution in [0, 0.1) is 0 Å². The van der Waals surface area contributed by atoms with Crippen LogP contribution in [-0.4, -0.2) is 4.98 Å². The topological polar surface area (TPSA) is 12.9 Å². The van der Waals surface area contributed by atoms with Gasteiger partial charge in [0.15, 0.2) is 0 Å². The molecule has 0 amide bonds. The summed E-state index contributed by atoms with van der Waals surface area (Å²) in [4.78, 5) is 5.15. The van der Waals surface area contributed by atoms with Gasteiger partial charge in [0.1, 0.15) is 0 Å². The summed E-state index contributed by atoms with van der Waals surface area (Å²) in [6, 6.07) is 55.1. The third-order valence-corrected chi connectivity index (χ3v) is 9.08. The Morgan fingerprint density at radius 3 is 1.63 bits per heavy atom. The quantitative estimate of drug-likeness (QED) is 0.201. The van der Waals surface area contributed by atoms with E-state index in [9.17, 15) is 0 Å². The standard InChI is InChI=1S/C42H27N/c1-2-12-33-29(9-1)24-30-19-20-32(26-39(30)33)42-18-8-17-41(43-42)31-11-7-10-27(23-31)28-21-22-38-36-15-4-3-13-34(36)35-14-5-6-16-37(35)40(38)25-28/h1-23,25-26H,24H2. The zero-order valence-corrected chi connectivity index (χ0v) is 23.6. The van der Waals surface area contributed by atoms with Gasteiger partial charge in [-0.1, -0.05) is 121 Å². The van der Waals surface area contributed by atoms with E-state index in [1.54, 1.807) is 0 Å². The van der Waals surface area contributed by atoms with Crippen molar-refractivity contribution in [2.45, 2.75) is 6.42 Å². The number of benzene rings is 7. The lowest BCUT2D eigenvalue weighted by molar-refractivity contribution is 1.26. The molecule has 43 heavy (non-hydrogen) atoms. The Hall–Kier alpha value is -5.53. The zero-order chi connectivity index (χ0) is 28.3. The van der Waals surface area contributed by atoms with E-state index in [1.807, 2.05) is 0 Å². The van der Waals surface area contributed by atoms with E-state index in [1.165, 1.54) is 65.7 Å². The molecule has 1 aliphatic carbocycles. The fraction of sp³-hybridized carbons (Fsp3) is 0.0238. The first-order chi connectivity index (χ1) is 21.3. The van der Waals surface area contributed by atoms with Gasteiger partial charge < -0.3 is 0 Å². The molecule has 0 radical (unpaired) electrons. The smallest absolute Gasteiger partial charge is 0.0709 e. The second-order valence-corrected chi connectivity index (χ2v) is 11.5. The van der Waals surface area contributed by atoms with Gasteiger partial charge in [-0.15, -0.1) is 0 Å². The SMILES string of the molecule is c1cc(-c2ccc3c4ccccc4c4ccccc4c3c2)cc(-c2cccc(-c3ccc4c(c3)-c3ccccc3C4)n2)c1. The molecule has 9 rings (SSSR count). The van der Waals surface area contributed by atoms with Gasteiger partial charge in [0, 0.05) is 11.1 Å². The van der Waals surface area contributed by atoms with Crippen LogP contribution in [0.3, 0.4) is 0 Å². The summed E-state index contributed by atoms with van der Waals surface area (Å²) in [5.74, 6) is 0. The monoisotopic (exact) mass is 545 g/mol. The Morgan fingerprint density at radius 1 is 0.326 bits per heavy atom. The van der Waals surface area contributed by atoms with Crippen molar-refractivity contribution in [1.82, 2.24) is 4.98 Å². The van der Waals surface area contributed by atoms with Crippen molar-refractivity contribution < 1.29 is 0 Å². The fourth-order valence-corrected chi connectivity index (χ4v) is 6.98. The molecule has 0 fully saturated rings. The van der Waals surface area contributed by atoms with E-state index < -0.39 is 0 Å². The van der Waals surface area contributed by atoms with Crippen LogP contribution in [0.25, 0.3) is 77.1 Å². The Bertz CT molecular complexity index is 2340. The number of hydrogen-bond acceptors (Lipinski definition) is 1. The lowest BCUT2D eigenvalue weighted by atomic mass is 9.91. The first-order valence-corrected chi connectivity index (χ1v) is 14.9. The molecule has 0 atom stereocenters. The largest absolute Gasteiger partial charge is 0.248 e. The van der Waals surface area contributed by atoms with E-state index in [2.05, 4.69) is 152 Å². The summed E-state index contributed by atoms with van der Waals surface area (Å²) in [6.45, 7) is 0. The highest BCUT2D eigenvalue weighted by atomic mass is 14.7. The van der Waals surface area contributed by atoms with Gasteiger partial charge in [0.05, 0.1) is 11.4 Å². The molecule has 0 unspecified atom stereocenters. The van der Waals surface area contributed by atoms with Crippen molar-refractivity contribution in [3.8, 4) is 44.8 Å². The molecule has 1 aromatic heterocycles. The molecule has 8 aromatic rings. The molecular weight excluding hydrogens is 518 g/mol. The maximum atomic E-state index is 5.15. The summed E-state index contributed by atoms with van der Waals surface area (Å²) in [5, 5.41) is 7.77. The van der Waals surface area contributed by atoms with Gasteiger partial charge in [0.2, 0.25) is 0 Å². The van der Waals surface area contributed by atoms with Crippen molar-refractivity contribution in [2.75, 3.05) is 0 Å². The predicted molar refractivity (Wildman–Crippen MR) is 181 cm³/mol. The van der Waals surface area contributed by atoms with Gasteiger partial charge in [-0.3, -0.25) is 0 Å². The second-order valence-electron chi connectivity index (χ2n) is 11.5. The van der Waals surface area contributed by atoms with E-state index in [4.69, 9.17) is 4.98 Å². The number of aromatic nitrogens is 1. The van der Waals surface area contributed by atoms with Crippen molar-refractivity contribution in [3.05, 3.63) is 163 Å². The highest BCUT2D eigenvalue weighted by Crippen LogP contribution is 2.40. The van der Waals surface area contributed by atoms with E-state index in [0.29, 0.717) is 0 Å². The van der Waals surface area contributed by atoms with E-state index in [0.717, 1.165) is 28.9 Å². The van der Waals surface area contributed by atoms with Crippen LogP contribution in [-0.2, 0) is 6.42 Å². The summed E-state index contributed by atoms with van der Waals surface area (Å²) in [5.41, 5.74) is 12.1. The molecule has 0 bridgehead atoms. The molecule has 7 aromatic carbocycles. The minimum Gasteiger partial charge on any atom is -0.248 e. The number of pyridine rings is 1. The molecule has 0 spiro atoms. The first-order valence-electron chi connectivity index (χ1n) is 14.9. The highest BCUT2D eigenvalue weighted by Gasteiger charge is 2.18. The van der Waals surface area contributed by atoms with Crippen LogP contribution in [0.5, 0.6) is 0 Å². The molecule has 0 saturated carbocycles. The summed E-state index contributed by atoms with van der Waals surface area (Å²) < 4.78 is 0. The molecule has 1 nitrogen and oxygen atoms in total. The number of fused-ring (bicyclic) bond motifs is 9. The third kappa shape index (κ3) is 3.90. The van der Waals surface area contributed by atoms with Crippen LogP contribution >= 0.6 is 0 Å². The summed E-state index contributed by atoms with van der Waals surface area (Å²) in [6.07, 6.45) is 1.01. The van der Waals surface area contributed by atoms with Gasteiger partial charge in [-0.05, 0) is 102 Å². The normalized spacial score (nSPS) is 12.1. The molecule has 1 heteroatoms. The maximum Gasteiger partial charge on any atom is 0.0709 e. The van der Waals surface area contributed by atoms with Gasteiger partial charge in [-0.2, -0.15) is 0 Å². The summed E-state index contributed by atoms with van der Waals surface area (Å²) in [7, 11) is 0. The third-order valence-electron chi connectivity index (χ3n) is 9.08. The molecule has 0 N–H and O–H groups in total. The predicted octanol–water partition coefficient (Wildman–Crippen LogP) is 11.1. The van der Waals surface area contributed by atoms with Crippen molar-refractivity contribution in [2.24, 2.45) is 0 Å². The minimum absolute atomic E-state index is 0.984. The van der Waals surface area contributed by atoms with Gasteiger partial charge in [-0.25, -0.2) is 4.98 Å². The average Bonchev–Trinajstić information content (AvgIpc) is 3.46. The second kappa shape index (κ2) is 9.51. The van der Waals surface area contributed by atoms with Crippen LogP contribution in [0.1, 0.15) is 11.1 Å². The van der Waals surface area contributed by atoms with E-state index in [-0.39, 0.29) is 0 Å². The van der Waals surface area contributed by atoms with Crippen LogP contribution < -0.4 is 0 Å². The van der Waals surface area contributed by atoms with Crippen molar-refractivity contribution in [3.63, 3.8) is 0 Å². The Labute approximate surface area is 250 Å². The zero-order valence-electron chi connectivity index (χ0n) is 23.6. The Kier molecular flexibility index (Phi) is 5.33. The lowest BCUT2D eigenvalue weighted by Gasteiger charge is -2.13. The lowest BCUT2D eigenvalue weighted by Crippen LogP contribution is -1.90. The molecule has 1 heterocycles. The number of nitrogens with zero attached hydrogens (tertiary/aromatic N) is 1. The average molecular weight is 546 g/mol. The van der Waals surface area contributed by atoms with Crippen molar-refractivity contribution >= 4 is 32.3 Å². The molecule has 0 saturated heterocycles. The molecule has 1 aliphatic rings. The molecule has 0 aliphatic heterocycles. The summed E-state index contributed by atoms with van der Waals surface area (Å²) >= 11 is 0. The fourth-order valence-electron chi connectivity index (χ4n) is 6.98. The van der Waals surface area contributed by atoms with E-state index >= 15 is 0 Å². The Balaban J connectivity index is 1.13. The molecule has 200 valence electrons.